The van der Waals surface area contributed by atoms with Crippen molar-refractivity contribution in [3.8, 4) is 11.8 Å². The molecule has 2 bridgehead atoms. The standard InChI is InChI=1S/C16H20N2O3/c1-18-12-6-16(19,7-13(18)10-21-9-12)14-5-11(8-17)3-4-15(14)20-2/h3-5,12-13,19H,6-7,9-10H2,1-2H3. The minimum absolute atomic E-state index is 0.193. The Hall–Kier alpha value is -1.61. The second-order valence-electron chi connectivity index (χ2n) is 5.98. The van der Waals surface area contributed by atoms with Crippen LogP contribution >= 0.6 is 0 Å². The van der Waals surface area contributed by atoms with E-state index in [1.807, 2.05) is 0 Å². The number of aliphatic hydroxyl groups is 1. The third-order valence-corrected chi connectivity index (χ3v) is 4.75. The molecular formula is C16H20N2O3. The van der Waals surface area contributed by atoms with Crippen LogP contribution in [0.15, 0.2) is 18.2 Å². The molecule has 1 aromatic rings. The van der Waals surface area contributed by atoms with Gasteiger partial charge in [-0.2, -0.15) is 5.26 Å². The van der Waals surface area contributed by atoms with Gasteiger partial charge in [0.25, 0.3) is 0 Å². The summed E-state index contributed by atoms with van der Waals surface area (Å²) in [6, 6.07) is 7.74. The van der Waals surface area contributed by atoms with Crippen LogP contribution in [-0.4, -0.2) is 49.5 Å². The summed E-state index contributed by atoms with van der Waals surface area (Å²) in [6.45, 7) is 1.27. The van der Waals surface area contributed by atoms with Crippen molar-refractivity contribution >= 4 is 0 Å². The van der Waals surface area contributed by atoms with Gasteiger partial charge in [-0.3, -0.25) is 4.90 Å². The highest BCUT2D eigenvalue weighted by molar-refractivity contribution is 5.45. The molecule has 1 N–H and O–H groups in total. The van der Waals surface area contributed by atoms with E-state index in [2.05, 4.69) is 18.0 Å². The molecule has 2 unspecified atom stereocenters. The normalized spacial score (nSPS) is 32.5. The van der Waals surface area contributed by atoms with E-state index in [1.54, 1.807) is 25.3 Å². The quantitative estimate of drug-likeness (QED) is 0.887. The molecule has 21 heavy (non-hydrogen) atoms. The van der Waals surface area contributed by atoms with Crippen LogP contribution in [0.2, 0.25) is 0 Å². The number of morpholine rings is 1. The Morgan fingerprint density at radius 3 is 2.62 bits per heavy atom. The molecule has 2 saturated heterocycles. The highest BCUT2D eigenvalue weighted by Gasteiger charge is 2.46. The summed E-state index contributed by atoms with van der Waals surface area (Å²) < 4.78 is 11.0. The van der Waals surface area contributed by atoms with Crippen molar-refractivity contribution in [2.75, 3.05) is 27.4 Å². The first-order valence-corrected chi connectivity index (χ1v) is 7.18. The molecule has 0 saturated carbocycles. The first-order valence-electron chi connectivity index (χ1n) is 7.18. The highest BCUT2D eigenvalue weighted by Crippen LogP contribution is 2.43. The topological polar surface area (TPSA) is 65.7 Å². The third kappa shape index (κ3) is 2.40. The molecule has 0 amide bonds. The molecule has 2 atom stereocenters. The first kappa shape index (κ1) is 14.3. The van der Waals surface area contributed by atoms with Crippen LogP contribution in [0.1, 0.15) is 24.0 Å². The molecule has 2 aliphatic heterocycles. The van der Waals surface area contributed by atoms with Gasteiger partial charge in [-0.15, -0.1) is 0 Å². The molecule has 0 aromatic heterocycles. The Labute approximate surface area is 124 Å². The summed E-state index contributed by atoms with van der Waals surface area (Å²) in [7, 11) is 3.67. The molecule has 2 fully saturated rings. The number of hydrogen-bond donors (Lipinski definition) is 1. The second-order valence-corrected chi connectivity index (χ2v) is 5.98. The number of piperidine rings is 1. The summed E-state index contributed by atoms with van der Waals surface area (Å²) in [5, 5.41) is 20.3. The summed E-state index contributed by atoms with van der Waals surface area (Å²) >= 11 is 0. The van der Waals surface area contributed by atoms with Crippen molar-refractivity contribution < 1.29 is 14.6 Å². The zero-order valence-corrected chi connectivity index (χ0v) is 12.4. The van der Waals surface area contributed by atoms with Crippen LogP contribution in [-0.2, 0) is 10.3 Å². The number of nitriles is 1. The molecule has 0 aliphatic carbocycles. The van der Waals surface area contributed by atoms with Crippen LogP contribution < -0.4 is 4.74 Å². The zero-order valence-electron chi connectivity index (χ0n) is 12.4. The third-order valence-electron chi connectivity index (χ3n) is 4.75. The maximum atomic E-state index is 11.2. The predicted molar refractivity (Wildman–Crippen MR) is 77.0 cm³/mol. The van der Waals surface area contributed by atoms with Gasteiger partial charge in [0.15, 0.2) is 0 Å². The summed E-state index contributed by atoms with van der Waals surface area (Å²) in [5.74, 6) is 0.639. The molecular weight excluding hydrogens is 268 g/mol. The number of hydrogen-bond acceptors (Lipinski definition) is 5. The molecule has 0 radical (unpaired) electrons. The van der Waals surface area contributed by atoms with Crippen molar-refractivity contribution in [3.63, 3.8) is 0 Å². The fourth-order valence-electron chi connectivity index (χ4n) is 3.50. The number of rotatable bonds is 2. The van der Waals surface area contributed by atoms with Crippen molar-refractivity contribution in [2.45, 2.75) is 30.5 Å². The number of methoxy groups -OCH3 is 1. The Bertz CT molecular complexity index is 567. The molecule has 5 nitrogen and oxygen atoms in total. The molecule has 2 aliphatic rings. The molecule has 112 valence electrons. The smallest absolute Gasteiger partial charge is 0.125 e. The maximum Gasteiger partial charge on any atom is 0.125 e. The van der Waals surface area contributed by atoms with E-state index in [9.17, 15) is 5.11 Å². The van der Waals surface area contributed by atoms with Gasteiger partial charge in [0.1, 0.15) is 5.75 Å². The fraction of sp³-hybridized carbons (Fsp3) is 0.562. The van der Waals surface area contributed by atoms with E-state index in [0.717, 1.165) is 0 Å². The van der Waals surface area contributed by atoms with Gasteiger partial charge in [-0.05, 0) is 38.1 Å². The molecule has 1 aromatic carbocycles. The highest BCUT2D eigenvalue weighted by atomic mass is 16.5. The van der Waals surface area contributed by atoms with Crippen LogP contribution in [0.5, 0.6) is 5.75 Å². The zero-order chi connectivity index (χ0) is 15.0. The Balaban J connectivity index is 2.01. The largest absolute Gasteiger partial charge is 0.496 e. The lowest BCUT2D eigenvalue weighted by Gasteiger charge is -2.50. The van der Waals surface area contributed by atoms with Gasteiger partial charge >= 0.3 is 0 Å². The molecule has 0 spiro atoms. The Morgan fingerprint density at radius 1 is 1.38 bits per heavy atom. The van der Waals surface area contributed by atoms with Crippen molar-refractivity contribution in [1.29, 1.82) is 5.26 Å². The predicted octanol–water partition coefficient (Wildman–Crippen LogP) is 1.25. The van der Waals surface area contributed by atoms with Crippen LogP contribution in [0, 0.1) is 11.3 Å². The van der Waals surface area contributed by atoms with E-state index < -0.39 is 5.60 Å². The van der Waals surface area contributed by atoms with E-state index in [1.165, 1.54) is 0 Å². The number of likely N-dealkylation sites (N-methyl/N-ethyl adjacent to an activating group) is 1. The fourth-order valence-corrected chi connectivity index (χ4v) is 3.50. The number of benzene rings is 1. The lowest BCUT2D eigenvalue weighted by Crippen LogP contribution is -2.59. The minimum atomic E-state index is -0.968. The van der Waals surface area contributed by atoms with Crippen LogP contribution in [0.4, 0.5) is 0 Å². The summed E-state index contributed by atoms with van der Waals surface area (Å²) in [6.07, 6.45) is 1.18. The van der Waals surface area contributed by atoms with Gasteiger partial charge in [-0.1, -0.05) is 0 Å². The van der Waals surface area contributed by atoms with E-state index in [0.29, 0.717) is 42.9 Å². The van der Waals surface area contributed by atoms with Crippen molar-refractivity contribution in [3.05, 3.63) is 29.3 Å². The maximum absolute atomic E-state index is 11.2. The molecule has 3 rings (SSSR count). The van der Waals surface area contributed by atoms with Gasteiger partial charge in [0.2, 0.25) is 0 Å². The van der Waals surface area contributed by atoms with Gasteiger partial charge in [0.05, 0.1) is 37.6 Å². The van der Waals surface area contributed by atoms with Crippen LogP contribution in [0.3, 0.4) is 0 Å². The minimum Gasteiger partial charge on any atom is -0.496 e. The summed E-state index contributed by atoms with van der Waals surface area (Å²) in [4.78, 5) is 2.29. The lowest BCUT2D eigenvalue weighted by atomic mass is 9.76. The SMILES string of the molecule is COc1ccc(C#N)cc1C1(O)CC2COCC(C1)N2C. The van der Waals surface area contributed by atoms with Crippen molar-refractivity contribution in [1.82, 2.24) is 4.90 Å². The number of fused-ring (bicyclic) bond motifs is 2. The second kappa shape index (κ2) is 5.30. The monoisotopic (exact) mass is 288 g/mol. The van der Waals surface area contributed by atoms with E-state index in [-0.39, 0.29) is 12.1 Å². The average Bonchev–Trinajstić information content (AvgIpc) is 2.48. The van der Waals surface area contributed by atoms with Crippen LogP contribution in [0.25, 0.3) is 0 Å². The molecule has 2 heterocycles. The van der Waals surface area contributed by atoms with Gasteiger partial charge < -0.3 is 14.6 Å². The average molecular weight is 288 g/mol. The van der Waals surface area contributed by atoms with E-state index in [4.69, 9.17) is 14.7 Å². The Kier molecular flexibility index (Phi) is 3.62. The van der Waals surface area contributed by atoms with Crippen molar-refractivity contribution in [2.24, 2.45) is 0 Å². The van der Waals surface area contributed by atoms with Gasteiger partial charge in [-0.25, -0.2) is 0 Å². The Morgan fingerprint density at radius 2 is 2.05 bits per heavy atom. The number of nitrogens with zero attached hydrogens (tertiary/aromatic N) is 2. The molecule has 5 heteroatoms. The van der Waals surface area contributed by atoms with E-state index >= 15 is 0 Å². The first-order chi connectivity index (χ1) is 10.1. The number of ether oxygens (including phenoxy) is 2. The summed E-state index contributed by atoms with van der Waals surface area (Å²) in [5.41, 5.74) is 0.290. The van der Waals surface area contributed by atoms with Gasteiger partial charge in [0, 0.05) is 17.6 Å². The lowest BCUT2D eigenvalue weighted by molar-refractivity contribution is -0.138.